The van der Waals surface area contributed by atoms with Crippen molar-refractivity contribution in [3.05, 3.63) is 87.9 Å². The summed E-state index contributed by atoms with van der Waals surface area (Å²) >= 11 is 1.83. The second kappa shape index (κ2) is 6.02. The van der Waals surface area contributed by atoms with Gasteiger partial charge in [-0.3, -0.25) is 0 Å². The number of thiazole rings is 1. The molecule has 100 valence electrons. The van der Waals surface area contributed by atoms with Crippen molar-refractivity contribution >= 4 is 11.3 Å². The highest BCUT2D eigenvalue weighted by atomic mass is 32.1. The van der Waals surface area contributed by atoms with E-state index in [4.69, 9.17) is 0 Å². The molecule has 20 heavy (non-hydrogen) atoms. The summed E-state index contributed by atoms with van der Waals surface area (Å²) in [5.74, 6) is 0. The van der Waals surface area contributed by atoms with E-state index in [1.54, 1.807) is 0 Å². The van der Waals surface area contributed by atoms with Crippen LogP contribution in [0.3, 0.4) is 0 Å². The molecule has 3 rings (SSSR count). The molecule has 0 N–H and O–H groups in total. The molecular formula is C18H18NS+. The number of aromatic nitrogens is 1. The Morgan fingerprint density at radius 1 is 0.900 bits per heavy atom. The van der Waals surface area contributed by atoms with Gasteiger partial charge in [0.1, 0.15) is 0 Å². The highest BCUT2D eigenvalue weighted by Gasteiger charge is 2.13. The second-order valence-corrected chi connectivity index (χ2v) is 6.05. The number of nitrogens with zero attached hydrogens (tertiary/aromatic N) is 1. The summed E-state index contributed by atoms with van der Waals surface area (Å²) in [6, 6.07) is 19.4. The lowest BCUT2D eigenvalue weighted by Crippen LogP contribution is -2.35. The molecule has 0 saturated carbocycles. The highest BCUT2D eigenvalue weighted by Crippen LogP contribution is 2.12. The van der Waals surface area contributed by atoms with Gasteiger partial charge in [0.05, 0.1) is 11.8 Å². The Labute approximate surface area is 124 Å². The number of aryl methyl sites for hydroxylation is 1. The summed E-state index contributed by atoms with van der Waals surface area (Å²) in [5, 5.41) is 3.57. The largest absolute Gasteiger partial charge is 0.241 e. The predicted octanol–water partition coefficient (Wildman–Crippen LogP) is 3.98. The summed E-state index contributed by atoms with van der Waals surface area (Å²) in [5.41, 5.74) is 4.04. The van der Waals surface area contributed by atoms with Gasteiger partial charge < -0.3 is 0 Å². The molecule has 0 aliphatic heterocycles. The fourth-order valence-electron chi connectivity index (χ4n) is 2.28. The first kappa shape index (κ1) is 13.1. The van der Waals surface area contributed by atoms with Crippen molar-refractivity contribution in [2.24, 2.45) is 0 Å². The van der Waals surface area contributed by atoms with Gasteiger partial charge in [0.2, 0.25) is 5.01 Å². The minimum absolute atomic E-state index is 0.950. The van der Waals surface area contributed by atoms with Gasteiger partial charge in [0, 0.05) is 5.56 Å². The molecule has 0 unspecified atom stereocenters. The number of benzene rings is 2. The first-order valence-corrected chi connectivity index (χ1v) is 7.74. The molecule has 0 amide bonds. The van der Waals surface area contributed by atoms with E-state index in [2.05, 4.69) is 77.7 Å². The van der Waals surface area contributed by atoms with Crippen LogP contribution in [0.5, 0.6) is 0 Å². The van der Waals surface area contributed by atoms with Crippen molar-refractivity contribution in [3.63, 3.8) is 0 Å². The first-order valence-electron chi connectivity index (χ1n) is 6.86. The third-order valence-electron chi connectivity index (χ3n) is 3.44. The molecule has 0 saturated heterocycles. The van der Waals surface area contributed by atoms with E-state index in [1.165, 1.54) is 21.7 Å². The summed E-state index contributed by atoms with van der Waals surface area (Å²) in [6.45, 7) is 3.08. The molecule has 0 fully saturated rings. The van der Waals surface area contributed by atoms with E-state index in [-0.39, 0.29) is 0 Å². The van der Waals surface area contributed by atoms with Crippen molar-refractivity contribution in [3.8, 4) is 0 Å². The molecule has 0 bridgehead atoms. The van der Waals surface area contributed by atoms with Crippen LogP contribution in [0.2, 0.25) is 0 Å². The zero-order valence-electron chi connectivity index (χ0n) is 11.6. The summed E-state index contributed by atoms with van der Waals surface area (Å²) in [6.07, 6.45) is 3.19. The van der Waals surface area contributed by atoms with Gasteiger partial charge in [-0.25, -0.2) is 0 Å². The molecular weight excluding hydrogens is 262 g/mol. The van der Waals surface area contributed by atoms with Crippen molar-refractivity contribution in [2.75, 3.05) is 0 Å². The van der Waals surface area contributed by atoms with E-state index in [0.717, 1.165) is 13.0 Å². The highest BCUT2D eigenvalue weighted by molar-refractivity contribution is 7.09. The molecule has 0 spiro atoms. The Kier molecular flexibility index (Phi) is 3.93. The van der Waals surface area contributed by atoms with Crippen molar-refractivity contribution in [1.29, 1.82) is 0 Å². The molecule has 0 aliphatic rings. The SMILES string of the molecule is Cc1ccc(Cc2scc[n+]2Cc2ccccc2)cc1. The van der Waals surface area contributed by atoms with E-state index in [0.29, 0.717) is 0 Å². The molecule has 2 heteroatoms. The Balaban J connectivity index is 1.78. The van der Waals surface area contributed by atoms with Crippen LogP contribution in [0.15, 0.2) is 66.2 Å². The van der Waals surface area contributed by atoms with Gasteiger partial charge in [0.15, 0.2) is 12.7 Å². The lowest BCUT2D eigenvalue weighted by Gasteiger charge is -2.01. The normalized spacial score (nSPS) is 10.7. The number of rotatable bonds is 4. The van der Waals surface area contributed by atoms with Gasteiger partial charge in [-0.15, -0.1) is 0 Å². The van der Waals surface area contributed by atoms with Crippen molar-refractivity contribution in [1.82, 2.24) is 0 Å². The third kappa shape index (κ3) is 3.14. The summed E-state index contributed by atoms with van der Waals surface area (Å²) in [4.78, 5) is 0. The van der Waals surface area contributed by atoms with Gasteiger partial charge in [-0.05, 0) is 12.5 Å². The Morgan fingerprint density at radius 2 is 1.65 bits per heavy atom. The molecule has 0 aliphatic carbocycles. The standard InChI is InChI=1S/C18H18NS/c1-15-7-9-16(10-8-15)13-18-19(11-12-20-18)14-17-5-3-2-4-6-17/h2-12H,13-14H2,1H3/q+1. The monoisotopic (exact) mass is 280 g/mol. The third-order valence-corrected chi connectivity index (χ3v) is 4.35. The minimum atomic E-state index is 0.950. The Morgan fingerprint density at radius 3 is 2.40 bits per heavy atom. The lowest BCUT2D eigenvalue weighted by molar-refractivity contribution is -0.690. The van der Waals surface area contributed by atoms with Crippen LogP contribution in [-0.2, 0) is 13.0 Å². The van der Waals surface area contributed by atoms with Crippen LogP contribution in [0, 0.1) is 6.92 Å². The smallest absolute Gasteiger partial charge is 0.188 e. The first-order chi connectivity index (χ1) is 9.81. The van der Waals surface area contributed by atoms with Crippen LogP contribution in [-0.4, -0.2) is 0 Å². The van der Waals surface area contributed by atoms with E-state index in [9.17, 15) is 0 Å². The molecule has 2 aromatic carbocycles. The zero-order valence-corrected chi connectivity index (χ0v) is 12.4. The molecule has 1 aromatic heterocycles. The molecule has 0 atom stereocenters. The zero-order chi connectivity index (χ0) is 13.8. The Hall–Kier alpha value is -1.93. The fourth-order valence-corrected chi connectivity index (χ4v) is 3.15. The topological polar surface area (TPSA) is 3.88 Å². The summed E-state index contributed by atoms with van der Waals surface area (Å²) in [7, 11) is 0. The van der Waals surface area contributed by atoms with E-state index < -0.39 is 0 Å². The van der Waals surface area contributed by atoms with Crippen molar-refractivity contribution in [2.45, 2.75) is 19.9 Å². The van der Waals surface area contributed by atoms with Gasteiger partial charge in [-0.2, -0.15) is 4.57 Å². The second-order valence-electron chi connectivity index (χ2n) is 5.07. The summed E-state index contributed by atoms with van der Waals surface area (Å²) < 4.78 is 2.35. The van der Waals surface area contributed by atoms with Crippen LogP contribution in [0.1, 0.15) is 21.7 Å². The predicted molar refractivity (Wildman–Crippen MR) is 84.0 cm³/mol. The maximum atomic E-state index is 2.35. The van der Waals surface area contributed by atoms with Crippen LogP contribution < -0.4 is 4.57 Å². The maximum absolute atomic E-state index is 2.35. The molecule has 1 nitrogen and oxygen atoms in total. The maximum Gasteiger partial charge on any atom is 0.241 e. The van der Waals surface area contributed by atoms with E-state index in [1.807, 2.05) is 11.3 Å². The molecule has 3 aromatic rings. The number of hydrogen-bond acceptors (Lipinski definition) is 1. The van der Waals surface area contributed by atoms with Crippen molar-refractivity contribution < 1.29 is 4.57 Å². The van der Waals surface area contributed by atoms with Crippen LogP contribution in [0.4, 0.5) is 0 Å². The fraction of sp³-hybridized carbons (Fsp3) is 0.167. The molecule has 0 radical (unpaired) electrons. The number of hydrogen-bond donors (Lipinski definition) is 0. The van der Waals surface area contributed by atoms with Crippen LogP contribution in [0.25, 0.3) is 0 Å². The van der Waals surface area contributed by atoms with Gasteiger partial charge >= 0.3 is 0 Å². The van der Waals surface area contributed by atoms with Crippen LogP contribution >= 0.6 is 11.3 Å². The van der Waals surface area contributed by atoms with E-state index >= 15 is 0 Å². The van der Waals surface area contributed by atoms with Gasteiger partial charge in [0.25, 0.3) is 0 Å². The quantitative estimate of drug-likeness (QED) is 0.636. The average molecular weight is 280 g/mol. The Bertz CT molecular complexity index is 668. The van der Waals surface area contributed by atoms with Gasteiger partial charge in [-0.1, -0.05) is 71.5 Å². The molecule has 1 heterocycles. The minimum Gasteiger partial charge on any atom is -0.188 e. The lowest BCUT2D eigenvalue weighted by atomic mass is 10.1. The average Bonchev–Trinajstić information content (AvgIpc) is 2.90.